The van der Waals surface area contributed by atoms with Crippen molar-refractivity contribution in [3.63, 3.8) is 0 Å². The van der Waals surface area contributed by atoms with Crippen LogP contribution in [0.4, 0.5) is 0 Å². The minimum atomic E-state index is -0.915. The number of likely N-dealkylation sites (tertiary alicyclic amines) is 1. The van der Waals surface area contributed by atoms with Gasteiger partial charge in [-0.2, -0.15) is 0 Å². The van der Waals surface area contributed by atoms with Gasteiger partial charge in [0, 0.05) is 25.0 Å². The summed E-state index contributed by atoms with van der Waals surface area (Å²) in [7, 11) is 1.56. The number of carbonyl (C=O) groups excluding carboxylic acids is 1. The zero-order chi connectivity index (χ0) is 13.1. The molecule has 18 heavy (non-hydrogen) atoms. The zero-order valence-corrected chi connectivity index (χ0v) is 10.9. The highest BCUT2D eigenvalue weighted by atomic mass is 32.1. The molecular formula is C12H15NO4S. The van der Waals surface area contributed by atoms with Crippen molar-refractivity contribution in [1.82, 2.24) is 4.90 Å². The number of hydrogen-bond acceptors (Lipinski definition) is 4. The fourth-order valence-corrected chi connectivity index (χ4v) is 3.18. The van der Waals surface area contributed by atoms with Crippen molar-refractivity contribution in [2.24, 2.45) is 5.92 Å². The number of carbonyl (C=O) groups is 2. The van der Waals surface area contributed by atoms with Gasteiger partial charge in [0.1, 0.15) is 0 Å². The van der Waals surface area contributed by atoms with Crippen LogP contribution in [0.2, 0.25) is 0 Å². The van der Waals surface area contributed by atoms with Crippen molar-refractivity contribution in [3.05, 3.63) is 22.4 Å². The lowest BCUT2D eigenvalue weighted by Gasteiger charge is -2.25. The number of carboxylic acids is 1. The molecule has 5 nitrogen and oxygen atoms in total. The van der Waals surface area contributed by atoms with E-state index < -0.39 is 11.9 Å². The molecule has 1 aliphatic rings. The van der Waals surface area contributed by atoms with E-state index in [9.17, 15) is 14.7 Å². The summed E-state index contributed by atoms with van der Waals surface area (Å²) in [5, 5.41) is 11.1. The number of carboxylic acid groups (broad SMARTS) is 1. The van der Waals surface area contributed by atoms with Crippen molar-refractivity contribution in [2.45, 2.75) is 12.5 Å². The SMILES string of the molecule is COCCN1C(=O)CC(C(=O)O)C1c1cccs1. The van der Waals surface area contributed by atoms with E-state index in [1.165, 1.54) is 11.3 Å². The molecule has 2 rings (SSSR count). The molecule has 1 amide bonds. The van der Waals surface area contributed by atoms with Gasteiger partial charge in [0.05, 0.1) is 18.6 Å². The van der Waals surface area contributed by atoms with Crippen LogP contribution in [0, 0.1) is 5.92 Å². The smallest absolute Gasteiger partial charge is 0.309 e. The second kappa shape index (κ2) is 5.49. The van der Waals surface area contributed by atoms with Gasteiger partial charge in [0.15, 0.2) is 0 Å². The van der Waals surface area contributed by atoms with Gasteiger partial charge in [-0.15, -0.1) is 11.3 Å². The lowest BCUT2D eigenvalue weighted by atomic mass is 9.99. The van der Waals surface area contributed by atoms with E-state index >= 15 is 0 Å². The van der Waals surface area contributed by atoms with E-state index in [0.29, 0.717) is 13.2 Å². The average molecular weight is 269 g/mol. The maximum Gasteiger partial charge on any atom is 0.309 e. The van der Waals surface area contributed by atoms with Gasteiger partial charge >= 0.3 is 5.97 Å². The zero-order valence-electron chi connectivity index (χ0n) is 10.0. The number of rotatable bonds is 5. The Morgan fingerprint density at radius 2 is 2.44 bits per heavy atom. The summed E-state index contributed by atoms with van der Waals surface area (Å²) in [5.74, 6) is -1.69. The molecule has 1 fully saturated rings. The molecule has 2 heterocycles. The van der Waals surface area contributed by atoms with Crippen molar-refractivity contribution in [1.29, 1.82) is 0 Å². The molecule has 1 saturated heterocycles. The summed E-state index contributed by atoms with van der Waals surface area (Å²) in [6.45, 7) is 0.849. The monoisotopic (exact) mass is 269 g/mol. The lowest BCUT2D eigenvalue weighted by Crippen LogP contribution is -2.32. The predicted molar refractivity (Wildman–Crippen MR) is 66.4 cm³/mol. The van der Waals surface area contributed by atoms with Crippen molar-refractivity contribution in [2.75, 3.05) is 20.3 Å². The molecule has 98 valence electrons. The molecule has 1 N–H and O–H groups in total. The number of nitrogens with zero attached hydrogens (tertiary/aromatic N) is 1. The van der Waals surface area contributed by atoms with E-state index in [0.717, 1.165) is 4.88 Å². The number of ether oxygens (including phenoxy) is 1. The second-order valence-corrected chi connectivity index (χ2v) is 5.17. The first-order valence-corrected chi connectivity index (χ1v) is 6.57. The molecule has 0 radical (unpaired) electrons. The molecule has 1 aromatic rings. The molecule has 0 aliphatic carbocycles. The van der Waals surface area contributed by atoms with E-state index in [2.05, 4.69) is 0 Å². The molecule has 0 saturated carbocycles. The number of methoxy groups -OCH3 is 1. The molecule has 6 heteroatoms. The minimum absolute atomic E-state index is 0.0710. The third-order valence-corrected chi connectivity index (χ3v) is 4.06. The van der Waals surface area contributed by atoms with Gasteiger partial charge in [0.25, 0.3) is 0 Å². The third-order valence-electron chi connectivity index (χ3n) is 3.12. The molecule has 2 unspecified atom stereocenters. The Kier molecular flexibility index (Phi) is 3.98. The lowest BCUT2D eigenvalue weighted by molar-refractivity contribution is -0.142. The van der Waals surface area contributed by atoms with Crippen LogP contribution in [-0.4, -0.2) is 42.1 Å². The van der Waals surface area contributed by atoms with Crippen LogP contribution >= 0.6 is 11.3 Å². The quantitative estimate of drug-likeness (QED) is 0.876. The van der Waals surface area contributed by atoms with Crippen LogP contribution in [0.1, 0.15) is 17.3 Å². The van der Waals surface area contributed by atoms with E-state index in [4.69, 9.17) is 4.74 Å². The number of aliphatic carboxylic acids is 1. The topological polar surface area (TPSA) is 66.8 Å². The highest BCUT2D eigenvalue weighted by molar-refractivity contribution is 7.10. The van der Waals surface area contributed by atoms with E-state index in [-0.39, 0.29) is 18.4 Å². The maximum absolute atomic E-state index is 11.9. The van der Waals surface area contributed by atoms with Crippen LogP contribution in [-0.2, 0) is 14.3 Å². The van der Waals surface area contributed by atoms with Gasteiger partial charge in [-0.25, -0.2) is 0 Å². The summed E-state index contributed by atoms with van der Waals surface area (Å²) in [5.41, 5.74) is 0. The minimum Gasteiger partial charge on any atom is -0.481 e. The molecule has 1 aliphatic heterocycles. The number of amides is 1. The Labute approximate surface area is 109 Å². The van der Waals surface area contributed by atoms with Crippen LogP contribution < -0.4 is 0 Å². The van der Waals surface area contributed by atoms with E-state index in [1.807, 2.05) is 17.5 Å². The first-order chi connectivity index (χ1) is 8.65. The van der Waals surface area contributed by atoms with Gasteiger partial charge in [-0.05, 0) is 11.4 Å². The van der Waals surface area contributed by atoms with Gasteiger partial charge in [-0.1, -0.05) is 6.07 Å². The van der Waals surface area contributed by atoms with Crippen LogP contribution in [0.5, 0.6) is 0 Å². The van der Waals surface area contributed by atoms with Crippen molar-refractivity contribution in [3.8, 4) is 0 Å². The fourth-order valence-electron chi connectivity index (χ4n) is 2.28. The third kappa shape index (κ3) is 2.39. The molecule has 0 aromatic carbocycles. The summed E-state index contributed by atoms with van der Waals surface area (Å²) in [6, 6.07) is 3.39. The summed E-state index contributed by atoms with van der Waals surface area (Å²) in [4.78, 5) is 25.7. The Morgan fingerprint density at radius 3 is 3.00 bits per heavy atom. The van der Waals surface area contributed by atoms with Crippen molar-refractivity contribution < 1.29 is 19.4 Å². The van der Waals surface area contributed by atoms with E-state index in [1.54, 1.807) is 12.0 Å². The molecule has 2 atom stereocenters. The molecule has 0 spiro atoms. The predicted octanol–water partition coefficient (Wildman–Crippen LogP) is 1.37. The second-order valence-electron chi connectivity index (χ2n) is 4.19. The Hall–Kier alpha value is -1.40. The van der Waals surface area contributed by atoms with Crippen LogP contribution in [0.3, 0.4) is 0 Å². The van der Waals surface area contributed by atoms with Crippen LogP contribution in [0.15, 0.2) is 17.5 Å². The largest absolute Gasteiger partial charge is 0.481 e. The standard InChI is InChI=1S/C12H15NO4S/c1-17-5-4-13-10(14)7-8(12(15)16)11(13)9-3-2-6-18-9/h2-3,6,8,11H,4-5,7H2,1H3,(H,15,16). The summed E-state index contributed by atoms with van der Waals surface area (Å²) >= 11 is 1.48. The number of thiophene rings is 1. The Bertz CT molecular complexity index is 431. The molecule has 0 bridgehead atoms. The Morgan fingerprint density at radius 1 is 1.67 bits per heavy atom. The van der Waals surface area contributed by atoms with Gasteiger partial charge < -0.3 is 14.7 Å². The van der Waals surface area contributed by atoms with Crippen LogP contribution in [0.25, 0.3) is 0 Å². The highest BCUT2D eigenvalue weighted by Crippen LogP contribution is 2.39. The van der Waals surface area contributed by atoms with Gasteiger partial charge in [-0.3, -0.25) is 9.59 Å². The molecular weight excluding hydrogens is 254 g/mol. The van der Waals surface area contributed by atoms with Crippen molar-refractivity contribution >= 4 is 23.2 Å². The normalized spacial score (nSPS) is 23.6. The highest BCUT2D eigenvalue weighted by Gasteiger charge is 2.44. The average Bonchev–Trinajstić information content (AvgIpc) is 2.93. The maximum atomic E-state index is 11.9. The summed E-state index contributed by atoms with van der Waals surface area (Å²) in [6.07, 6.45) is 0.0710. The van der Waals surface area contributed by atoms with Gasteiger partial charge in [0.2, 0.25) is 5.91 Å². The first kappa shape index (κ1) is 13.0. The Balaban J connectivity index is 2.26. The number of hydrogen-bond donors (Lipinski definition) is 1. The first-order valence-electron chi connectivity index (χ1n) is 5.69. The molecule has 1 aromatic heterocycles. The summed E-state index contributed by atoms with van der Waals surface area (Å²) < 4.78 is 4.98. The fraction of sp³-hybridized carbons (Fsp3) is 0.500.